The molecule has 0 aliphatic carbocycles. The van der Waals surface area contributed by atoms with E-state index in [1.54, 1.807) is 46.9 Å². The molecule has 2 aromatic carbocycles. The highest BCUT2D eigenvalue weighted by atomic mass is 32.2. The van der Waals surface area contributed by atoms with Crippen LogP contribution >= 0.6 is 0 Å². The summed E-state index contributed by atoms with van der Waals surface area (Å²) in [5.74, 6) is 0.511. The van der Waals surface area contributed by atoms with Crippen LogP contribution in [0.2, 0.25) is 0 Å². The fourth-order valence-electron chi connectivity index (χ4n) is 5.24. The standard InChI is InChI=1S/C27H34N4O6S2/c1-28-38(32,33)24-7-2-6-23(18-24)36-16-4-13-29-22-19-27(37-20-22)10-14-31(15-11-27)39(34,35)25-8-9-26-21(17-25)5-3-12-30-26/h2-3,5-9,12,17-18,22,28-29H,4,10-11,13-16,19-20H2,1H3/t22-/m1/s1. The topological polar surface area (TPSA) is 127 Å². The number of nitrogens with zero attached hydrogens (tertiary/aromatic N) is 2. The Morgan fingerprint density at radius 1 is 1.05 bits per heavy atom. The second-order valence-electron chi connectivity index (χ2n) is 10.00. The molecular formula is C27H34N4O6S2. The quantitative estimate of drug-likeness (QED) is 0.354. The van der Waals surface area contributed by atoms with Crippen molar-refractivity contribution in [3.05, 3.63) is 60.8 Å². The van der Waals surface area contributed by atoms with Crippen LogP contribution < -0.4 is 14.8 Å². The summed E-state index contributed by atoms with van der Waals surface area (Å²) < 4.78 is 66.3. The van der Waals surface area contributed by atoms with E-state index in [0.29, 0.717) is 49.8 Å². The van der Waals surface area contributed by atoms with Crippen molar-refractivity contribution in [1.29, 1.82) is 0 Å². The molecule has 0 saturated carbocycles. The lowest BCUT2D eigenvalue weighted by Crippen LogP contribution is -2.46. The van der Waals surface area contributed by atoms with Crippen molar-refractivity contribution in [3.63, 3.8) is 0 Å². The van der Waals surface area contributed by atoms with Crippen molar-refractivity contribution in [2.45, 2.75) is 47.1 Å². The molecule has 0 bridgehead atoms. The van der Waals surface area contributed by atoms with Gasteiger partial charge in [0, 0.05) is 36.8 Å². The Kier molecular flexibility index (Phi) is 8.22. The molecule has 0 unspecified atom stereocenters. The highest BCUT2D eigenvalue weighted by Crippen LogP contribution is 2.37. The van der Waals surface area contributed by atoms with E-state index in [-0.39, 0.29) is 16.5 Å². The molecule has 0 amide bonds. The van der Waals surface area contributed by atoms with E-state index in [4.69, 9.17) is 9.47 Å². The third-order valence-electron chi connectivity index (χ3n) is 7.46. The molecule has 10 nitrogen and oxygen atoms in total. The summed E-state index contributed by atoms with van der Waals surface area (Å²) in [6, 6.07) is 15.4. The van der Waals surface area contributed by atoms with Crippen LogP contribution in [0.25, 0.3) is 10.9 Å². The lowest BCUT2D eigenvalue weighted by molar-refractivity contribution is -0.0311. The molecular weight excluding hydrogens is 540 g/mol. The third-order valence-corrected chi connectivity index (χ3v) is 10.8. The minimum Gasteiger partial charge on any atom is -0.494 e. The van der Waals surface area contributed by atoms with Crippen LogP contribution in [0, 0.1) is 0 Å². The fourth-order valence-corrected chi connectivity index (χ4v) is 7.48. The molecule has 2 saturated heterocycles. The van der Waals surface area contributed by atoms with E-state index in [2.05, 4.69) is 15.0 Å². The van der Waals surface area contributed by atoms with Gasteiger partial charge >= 0.3 is 0 Å². The Morgan fingerprint density at radius 2 is 1.87 bits per heavy atom. The molecule has 3 heterocycles. The van der Waals surface area contributed by atoms with Crippen LogP contribution in [-0.2, 0) is 24.8 Å². The van der Waals surface area contributed by atoms with Gasteiger partial charge in [0.05, 0.1) is 34.1 Å². The predicted octanol–water partition coefficient (Wildman–Crippen LogP) is 2.51. The van der Waals surface area contributed by atoms with Crippen molar-refractivity contribution in [2.24, 2.45) is 0 Å². The summed E-state index contributed by atoms with van der Waals surface area (Å²) in [6.45, 7) is 2.63. The summed E-state index contributed by atoms with van der Waals surface area (Å²) in [4.78, 5) is 4.74. The van der Waals surface area contributed by atoms with E-state index < -0.39 is 20.0 Å². The number of aromatic nitrogens is 1. The molecule has 2 N–H and O–H groups in total. The van der Waals surface area contributed by atoms with Gasteiger partial charge in [-0.2, -0.15) is 4.31 Å². The number of nitrogens with one attached hydrogen (secondary N) is 2. The Hall–Kier alpha value is -2.61. The number of fused-ring (bicyclic) bond motifs is 1. The summed E-state index contributed by atoms with van der Waals surface area (Å²) in [6.07, 6.45) is 4.61. The number of piperidine rings is 1. The molecule has 1 atom stereocenters. The first-order valence-corrected chi connectivity index (χ1v) is 16.0. The van der Waals surface area contributed by atoms with Gasteiger partial charge in [0.15, 0.2) is 0 Å². The molecule has 0 radical (unpaired) electrons. The maximum absolute atomic E-state index is 13.3. The molecule has 12 heteroatoms. The van der Waals surface area contributed by atoms with E-state index in [1.165, 1.54) is 19.2 Å². The van der Waals surface area contributed by atoms with Crippen molar-refractivity contribution in [1.82, 2.24) is 19.3 Å². The number of rotatable bonds is 10. The van der Waals surface area contributed by atoms with Gasteiger partial charge in [-0.15, -0.1) is 0 Å². The Balaban J connectivity index is 1.07. The van der Waals surface area contributed by atoms with E-state index in [0.717, 1.165) is 30.3 Å². The second kappa shape index (κ2) is 11.5. The number of ether oxygens (including phenoxy) is 2. The van der Waals surface area contributed by atoms with Gasteiger partial charge in [0.25, 0.3) is 0 Å². The number of hydrogen-bond acceptors (Lipinski definition) is 8. The number of pyridine rings is 1. The van der Waals surface area contributed by atoms with Crippen LogP contribution in [0.4, 0.5) is 0 Å². The van der Waals surface area contributed by atoms with Crippen molar-refractivity contribution in [2.75, 3.05) is 39.9 Å². The van der Waals surface area contributed by atoms with Crippen LogP contribution in [0.15, 0.2) is 70.6 Å². The van der Waals surface area contributed by atoms with Crippen LogP contribution in [0.5, 0.6) is 5.75 Å². The largest absolute Gasteiger partial charge is 0.494 e. The van der Waals surface area contributed by atoms with E-state index in [9.17, 15) is 16.8 Å². The van der Waals surface area contributed by atoms with Crippen LogP contribution in [0.1, 0.15) is 25.7 Å². The van der Waals surface area contributed by atoms with Crippen molar-refractivity contribution < 1.29 is 26.3 Å². The highest BCUT2D eigenvalue weighted by molar-refractivity contribution is 7.89. The molecule has 210 valence electrons. The lowest BCUT2D eigenvalue weighted by atomic mass is 9.88. The van der Waals surface area contributed by atoms with Gasteiger partial charge in [-0.25, -0.2) is 21.6 Å². The zero-order chi connectivity index (χ0) is 27.5. The normalized spacial score (nSPS) is 20.0. The minimum absolute atomic E-state index is 0.169. The average Bonchev–Trinajstić information content (AvgIpc) is 3.34. The van der Waals surface area contributed by atoms with E-state index in [1.807, 2.05) is 6.07 Å². The van der Waals surface area contributed by atoms with Gasteiger partial charge < -0.3 is 14.8 Å². The summed E-state index contributed by atoms with van der Waals surface area (Å²) in [5.41, 5.74) is 0.472. The number of hydrogen-bond donors (Lipinski definition) is 2. The SMILES string of the molecule is CNS(=O)(=O)c1cccc(OCCCN[C@H]2COC3(CCN(S(=O)(=O)c4ccc5ncccc5c4)CC3)C2)c1. The van der Waals surface area contributed by atoms with Gasteiger partial charge in [-0.3, -0.25) is 4.98 Å². The predicted molar refractivity (Wildman–Crippen MR) is 148 cm³/mol. The zero-order valence-corrected chi connectivity index (χ0v) is 23.5. The Bertz CT molecular complexity index is 1520. The summed E-state index contributed by atoms with van der Waals surface area (Å²) >= 11 is 0. The maximum atomic E-state index is 13.3. The van der Waals surface area contributed by atoms with Gasteiger partial charge in [-0.05, 0) is 75.7 Å². The van der Waals surface area contributed by atoms with E-state index >= 15 is 0 Å². The molecule has 1 aromatic heterocycles. The average molecular weight is 575 g/mol. The van der Waals surface area contributed by atoms with Gasteiger partial charge in [-0.1, -0.05) is 12.1 Å². The maximum Gasteiger partial charge on any atom is 0.243 e. The molecule has 2 fully saturated rings. The number of sulfonamides is 2. The molecule has 5 rings (SSSR count). The number of benzene rings is 2. The third kappa shape index (κ3) is 6.26. The van der Waals surface area contributed by atoms with Gasteiger partial charge in [0.2, 0.25) is 20.0 Å². The molecule has 3 aromatic rings. The van der Waals surface area contributed by atoms with Crippen molar-refractivity contribution >= 4 is 30.9 Å². The van der Waals surface area contributed by atoms with Gasteiger partial charge in [0.1, 0.15) is 5.75 Å². The molecule has 39 heavy (non-hydrogen) atoms. The summed E-state index contributed by atoms with van der Waals surface area (Å²) in [5, 5.41) is 4.33. The summed E-state index contributed by atoms with van der Waals surface area (Å²) in [7, 11) is -5.72. The minimum atomic E-state index is -3.59. The Labute approximate surface area is 229 Å². The first-order valence-electron chi connectivity index (χ1n) is 13.1. The van der Waals surface area contributed by atoms with Crippen molar-refractivity contribution in [3.8, 4) is 5.75 Å². The molecule has 2 aliphatic heterocycles. The smallest absolute Gasteiger partial charge is 0.243 e. The van der Waals surface area contributed by atoms with Crippen LogP contribution in [0.3, 0.4) is 0 Å². The first-order chi connectivity index (χ1) is 18.7. The molecule has 1 spiro atoms. The van der Waals surface area contributed by atoms with Crippen LogP contribution in [-0.4, -0.2) is 77.7 Å². The highest BCUT2D eigenvalue weighted by Gasteiger charge is 2.44. The fraction of sp³-hybridized carbons (Fsp3) is 0.444. The monoisotopic (exact) mass is 574 g/mol. The lowest BCUT2D eigenvalue weighted by Gasteiger charge is -2.38. The first kappa shape index (κ1) is 27.9. The Morgan fingerprint density at radius 3 is 2.67 bits per heavy atom. The zero-order valence-electron chi connectivity index (χ0n) is 21.9. The molecule has 2 aliphatic rings. The second-order valence-corrected chi connectivity index (χ2v) is 13.8.